The summed E-state index contributed by atoms with van der Waals surface area (Å²) in [6.07, 6.45) is 4.01. The van der Waals surface area contributed by atoms with Gasteiger partial charge in [-0.25, -0.2) is 0 Å². The van der Waals surface area contributed by atoms with Crippen molar-refractivity contribution in [3.63, 3.8) is 0 Å². The molecule has 1 aromatic carbocycles. The van der Waals surface area contributed by atoms with Gasteiger partial charge in [0.2, 0.25) is 0 Å². The summed E-state index contributed by atoms with van der Waals surface area (Å²) < 4.78 is 12.1. The van der Waals surface area contributed by atoms with Crippen LogP contribution in [0.25, 0.3) is 10.9 Å². The van der Waals surface area contributed by atoms with Crippen molar-refractivity contribution in [3.8, 4) is 5.75 Å². The van der Waals surface area contributed by atoms with Gasteiger partial charge >= 0.3 is 0 Å². The van der Waals surface area contributed by atoms with Crippen LogP contribution in [0, 0.1) is 0 Å². The van der Waals surface area contributed by atoms with Crippen LogP contribution in [0.4, 0.5) is 0 Å². The summed E-state index contributed by atoms with van der Waals surface area (Å²) in [6, 6.07) is 10.4. The van der Waals surface area contributed by atoms with Crippen molar-refractivity contribution in [1.29, 1.82) is 0 Å². The van der Waals surface area contributed by atoms with Gasteiger partial charge in [-0.15, -0.1) is 0 Å². The number of nitrogens with one attached hydrogen (secondary N) is 1. The van der Waals surface area contributed by atoms with E-state index in [1.165, 1.54) is 0 Å². The van der Waals surface area contributed by atoms with Crippen molar-refractivity contribution < 1.29 is 9.47 Å². The van der Waals surface area contributed by atoms with E-state index < -0.39 is 0 Å². The van der Waals surface area contributed by atoms with Crippen molar-refractivity contribution >= 4 is 10.9 Å². The van der Waals surface area contributed by atoms with Crippen molar-refractivity contribution in [2.75, 3.05) is 13.7 Å². The van der Waals surface area contributed by atoms with E-state index in [0.717, 1.165) is 36.1 Å². The molecule has 4 heteroatoms. The summed E-state index contributed by atoms with van der Waals surface area (Å²) in [7, 11) is 1.97. The highest BCUT2D eigenvalue weighted by Gasteiger charge is 2.43. The van der Waals surface area contributed by atoms with Crippen LogP contribution in [-0.4, -0.2) is 36.9 Å². The van der Waals surface area contributed by atoms with Gasteiger partial charge in [0.05, 0.1) is 0 Å². The third-order valence-electron chi connectivity index (χ3n) is 4.01. The molecule has 1 aliphatic rings. The minimum Gasteiger partial charge on any atom is -0.485 e. The highest BCUT2D eigenvalue weighted by molar-refractivity contribution is 5.84. The Morgan fingerprint density at radius 1 is 1.29 bits per heavy atom. The Bertz CT molecular complexity index is 597. The standard InChI is InChI=1S/C17H22N2O2/c1-3-10-20-17-13(18-2)11-15(17)21-14-8-4-6-12-7-5-9-19-16(12)14/h4-9,13,15,17-18H,3,10-11H2,1-2H3. The van der Waals surface area contributed by atoms with Gasteiger partial charge in [-0.2, -0.15) is 0 Å². The third-order valence-corrected chi connectivity index (χ3v) is 4.01. The minimum absolute atomic E-state index is 0.0987. The van der Waals surface area contributed by atoms with Crippen LogP contribution in [0.3, 0.4) is 0 Å². The van der Waals surface area contributed by atoms with E-state index >= 15 is 0 Å². The molecule has 0 spiro atoms. The first-order valence-corrected chi connectivity index (χ1v) is 7.62. The zero-order chi connectivity index (χ0) is 14.7. The maximum Gasteiger partial charge on any atom is 0.146 e. The van der Waals surface area contributed by atoms with E-state index in [2.05, 4.69) is 29.4 Å². The van der Waals surface area contributed by atoms with Gasteiger partial charge in [-0.1, -0.05) is 25.1 Å². The minimum atomic E-state index is 0.0987. The fourth-order valence-electron chi connectivity index (χ4n) is 2.79. The average Bonchev–Trinajstić information content (AvgIpc) is 2.51. The molecule has 1 aliphatic carbocycles. The first-order chi connectivity index (χ1) is 10.3. The van der Waals surface area contributed by atoms with Crippen molar-refractivity contribution in [3.05, 3.63) is 36.5 Å². The predicted molar refractivity (Wildman–Crippen MR) is 83.7 cm³/mol. The SMILES string of the molecule is CCCOC1C(NC)CC1Oc1cccc2cccnc12. The molecular formula is C17H22N2O2. The molecule has 1 aromatic heterocycles. The molecule has 1 N–H and O–H groups in total. The number of para-hydroxylation sites is 1. The van der Waals surface area contributed by atoms with Crippen LogP contribution in [-0.2, 0) is 4.74 Å². The van der Waals surface area contributed by atoms with Crippen LogP contribution >= 0.6 is 0 Å². The van der Waals surface area contributed by atoms with Gasteiger partial charge in [0, 0.05) is 30.7 Å². The lowest BCUT2D eigenvalue weighted by atomic mass is 9.85. The zero-order valence-electron chi connectivity index (χ0n) is 12.6. The predicted octanol–water partition coefficient (Wildman–Crippen LogP) is 2.77. The number of ether oxygens (including phenoxy) is 2. The van der Waals surface area contributed by atoms with E-state index in [1.807, 2.05) is 25.2 Å². The molecule has 112 valence electrons. The van der Waals surface area contributed by atoms with E-state index in [9.17, 15) is 0 Å². The maximum absolute atomic E-state index is 6.18. The second-order valence-electron chi connectivity index (χ2n) is 5.45. The topological polar surface area (TPSA) is 43.4 Å². The lowest BCUT2D eigenvalue weighted by molar-refractivity contribution is -0.105. The first-order valence-electron chi connectivity index (χ1n) is 7.62. The number of pyridine rings is 1. The van der Waals surface area contributed by atoms with E-state index in [-0.39, 0.29) is 12.2 Å². The second-order valence-corrected chi connectivity index (χ2v) is 5.45. The summed E-state index contributed by atoms with van der Waals surface area (Å²) in [5.74, 6) is 0.845. The number of rotatable bonds is 6. The summed E-state index contributed by atoms with van der Waals surface area (Å²) in [5.41, 5.74) is 0.919. The third kappa shape index (κ3) is 2.87. The molecule has 4 nitrogen and oxygen atoms in total. The van der Waals surface area contributed by atoms with Gasteiger partial charge in [-0.3, -0.25) is 4.98 Å². The molecule has 0 bridgehead atoms. The number of likely N-dealkylation sites (N-methyl/N-ethyl adjacent to an activating group) is 1. The lowest BCUT2D eigenvalue weighted by Crippen LogP contribution is -2.60. The Hall–Kier alpha value is -1.65. The van der Waals surface area contributed by atoms with Crippen molar-refractivity contribution in [2.45, 2.75) is 38.0 Å². The van der Waals surface area contributed by atoms with Crippen molar-refractivity contribution in [1.82, 2.24) is 10.3 Å². The summed E-state index contributed by atoms with van der Waals surface area (Å²) in [4.78, 5) is 4.44. The number of benzene rings is 1. The maximum atomic E-state index is 6.18. The van der Waals surface area contributed by atoms with Crippen LogP contribution < -0.4 is 10.1 Å². The van der Waals surface area contributed by atoms with Gasteiger partial charge in [-0.05, 0) is 25.6 Å². The largest absolute Gasteiger partial charge is 0.485 e. The smallest absolute Gasteiger partial charge is 0.146 e. The number of hydrogen-bond donors (Lipinski definition) is 1. The monoisotopic (exact) mass is 286 g/mol. The Balaban J connectivity index is 1.76. The van der Waals surface area contributed by atoms with Gasteiger partial charge in [0.1, 0.15) is 23.5 Å². The second kappa shape index (κ2) is 6.41. The summed E-state index contributed by atoms with van der Waals surface area (Å²) >= 11 is 0. The average molecular weight is 286 g/mol. The molecule has 3 rings (SSSR count). The summed E-state index contributed by atoms with van der Waals surface area (Å²) in [5, 5.41) is 4.40. The van der Waals surface area contributed by atoms with E-state index in [1.54, 1.807) is 6.20 Å². The zero-order valence-corrected chi connectivity index (χ0v) is 12.6. The lowest BCUT2D eigenvalue weighted by Gasteiger charge is -2.43. The normalized spacial score (nSPS) is 24.8. The van der Waals surface area contributed by atoms with Gasteiger partial charge < -0.3 is 14.8 Å². The first kappa shape index (κ1) is 14.3. The number of fused-ring (bicyclic) bond motifs is 1. The van der Waals surface area contributed by atoms with Gasteiger partial charge in [0.25, 0.3) is 0 Å². The Morgan fingerprint density at radius 3 is 2.95 bits per heavy atom. The van der Waals surface area contributed by atoms with Crippen molar-refractivity contribution in [2.24, 2.45) is 0 Å². The molecule has 3 atom stereocenters. The number of nitrogens with zero attached hydrogens (tertiary/aromatic N) is 1. The van der Waals surface area contributed by atoms with E-state index in [0.29, 0.717) is 6.04 Å². The quantitative estimate of drug-likeness (QED) is 0.887. The van der Waals surface area contributed by atoms with Crippen LogP contribution in [0.5, 0.6) is 5.75 Å². The number of aromatic nitrogens is 1. The highest BCUT2D eigenvalue weighted by Crippen LogP contribution is 2.32. The molecule has 1 heterocycles. The molecule has 0 amide bonds. The highest BCUT2D eigenvalue weighted by atomic mass is 16.5. The molecule has 1 saturated carbocycles. The van der Waals surface area contributed by atoms with Crippen LogP contribution in [0.1, 0.15) is 19.8 Å². The molecule has 0 saturated heterocycles. The summed E-state index contributed by atoms with van der Waals surface area (Å²) in [6.45, 7) is 2.90. The Kier molecular flexibility index (Phi) is 4.36. The molecule has 21 heavy (non-hydrogen) atoms. The molecule has 1 fully saturated rings. The number of hydrogen-bond acceptors (Lipinski definition) is 4. The molecule has 2 aromatic rings. The van der Waals surface area contributed by atoms with E-state index in [4.69, 9.17) is 9.47 Å². The fourth-order valence-corrected chi connectivity index (χ4v) is 2.79. The molecular weight excluding hydrogens is 264 g/mol. The Labute approximate surface area is 125 Å². The van der Waals surface area contributed by atoms with Crippen LogP contribution in [0.2, 0.25) is 0 Å². The molecule has 0 radical (unpaired) electrons. The van der Waals surface area contributed by atoms with Gasteiger partial charge in [0.15, 0.2) is 0 Å². The molecule has 0 aliphatic heterocycles. The Morgan fingerprint density at radius 2 is 2.14 bits per heavy atom. The molecule has 3 unspecified atom stereocenters. The van der Waals surface area contributed by atoms with Crippen LogP contribution in [0.15, 0.2) is 36.5 Å². The fraction of sp³-hybridized carbons (Fsp3) is 0.471.